The second-order valence-electron chi connectivity index (χ2n) is 8.36. The Morgan fingerprint density at radius 1 is 1.07 bits per heavy atom. The third kappa shape index (κ3) is 2.51. The molecule has 0 radical (unpaired) electrons. The van der Waals surface area contributed by atoms with Crippen LogP contribution in [0.3, 0.4) is 0 Å². The van der Waals surface area contributed by atoms with E-state index in [0.717, 1.165) is 16.9 Å². The molecule has 3 aliphatic rings. The molecule has 0 bridgehead atoms. The zero-order valence-electron chi connectivity index (χ0n) is 16.6. The van der Waals surface area contributed by atoms with E-state index >= 15 is 0 Å². The third-order valence-corrected chi connectivity index (χ3v) is 6.89. The number of imide groups is 2. The van der Waals surface area contributed by atoms with Crippen LogP contribution in [0.25, 0.3) is 0 Å². The van der Waals surface area contributed by atoms with Crippen LogP contribution >= 0.6 is 0 Å². The predicted molar refractivity (Wildman–Crippen MR) is 108 cm³/mol. The van der Waals surface area contributed by atoms with Gasteiger partial charge in [-0.1, -0.05) is 42.5 Å². The number of halogens is 1. The van der Waals surface area contributed by atoms with E-state index in [9.17, 15) is 18.8 Å². The van der Waals surface area contributed by atoms with Crippen molar-refractivity contribution in [3.8, 4) is 0 Å². The fourth-order valence-electron chi connectivity index (χ4n) is 5.40. The summed E-state index contributed by atoms with van der Waals surface area (Å²) in [5.41, 5.74) is 0.770. The van der Waals surface area contributed by atoms with Crippen molar-refractivity contribution in [2.45, 2.75) is 31.2 Å². The maximum atomic E-state index is 14.9. The highest BCUT2D eigenvalue weighted by Gasteiger charge is 2.62. The molecule has 30 heavy (non-hydrogen) atoms. The number of fused-ring (bicyclic) bond motifs is 4. The lowest BCUT2D eigenvalue weighted by atomic mass is 9.64. The zero-order chi connectivity index (χ0) is 21.0. The van der Waals surface area contributed by atoms with Gasteiger partial charge in [0.15, 0.2) is 5.41 Å². The van der Waals surface area contributed by atoms with Crippen LogP contribution in [0, 0.1) is 11.2 Å². The summed E-state index contributed by atoms with van der Waals surface area (Å²) in [4.78, 5) is 41.6. The molecule has 0 saturated carbocycles. The molecular weight excluding hydrogens is 385 g/mol. The average molecular weight is 407 g/mol. The van der Waals surface area contributed by atoms with Gasteiger partial charge in [0.2, 0.25) is 11.8 Å². The van der Waals surface area contributed by atoms with Crippen molar-refractivity contribution in [3.05, 3.63) is 65.5 Å². The Labute approximate surface area is 173 Å². The lowest BCUT2D eigenvalue weighted by Crippen LogP contribution is -2.72. The van der Waals surface area contributed by atoms with Crippen molar-refractivity contribution in [2.75, 3.05) is 18.5 Å². The molecule has 0 unspecified atom stereocenters. The number of hydrogen-bond acceptors (Lipinski definition) is 4. The highest BCUT2D eigenvalue weighted by molar-refractivity contribution is 6.20. The van der Waals surface area contributed by atoms with E-state index in [1.54, 1.807) is 12.1 Å². The number of rotatable bonds is 1. The van der Waals surface area contributed by atoms with Crippen LogP contribution in [-0.4, -0.2) is 42.4 Å². The van der Waals surface area contributed by atoms with Gasteiger partial charge in [-0.2, -0.15) is 0 Å². The van der Waals surface area contributed by atoms with E-state index in [0.29, 0.717) is 24.2 Å². The molecule has 0 aromatic heterocycles. The van der Waals surface area contributed by atoms with Crippen molar-refractivity contribution in [1.82, 2.24) is 10.2 Å². The fraction of sp³-hybridized carbons (Fsp3) is 0.348. The number of piperidine rings is 1. The Morgan fingerprint density at radius 2 is 1.83 bits per heavy atom. The number of nitrogens with one attached hydrogen (secondary N) is 1. The van der Waals surface area contributed by atoms with Crippen LogP contribution in [0.2, 0.25) is 0 Å². The van der Waals surface area contributed by atoms with Crippen molar-refractivity contribution >= 4 is 23.5 Å². The van der Waals surface area contributed by atoms with E-state index in [1.807, 2.05) is 35.2 Å². The largest absolute Gasteiger partial charge is 0.364 e. The van der Waals surface area contributed by atoms with Gasteiger partial charge in [0.25, 0.3) is 0 Å². The molecule has 5 rings (SSSR count). The number of hydrogen-bond donors (Lipinski definition) is 1. The minimum atomic E-state index is -1.46. The first-order valence-corrected chi connectivity index (χ1v) is 10.2. The molecule has 6 nitrogen and oxygen atoms in total. The van der Waals surface area contributed by atoms with Gasteiger partial charge < -0.3 is 4.90 Å². The SMILES string of the molecule is CN1C(=O)NC(=O)[C@]2(Cc3cccc(F)c3N3CC[C@@H](c4ccccc4)C[C@H]32)C1=O. The second kappa shape index (κ2) is 6.65. The average Bonchev–Trinajstić information content (AvgIpc) is 2.76. The molecule has 2 aromatic carbocycles. The number of barbiturate groups is 1. The van der Waals surface area contributed by atoms with Crippen LogP contribution in [-0.2, 0) is 16.0 Å². The molecule has 2 saturated heterocycles. The van der Waals surface area contributed by atoms with E-state index < -0.39 is 29.3 Å². The smallest absolute Gasteiger partial charge is 0.330 e. The van der Waals surface area contributed by atoms with Gasteiger partial charge in [0.1, 0.15) is 5.82 Å². The minimum Gasteiger partial charge on any atom is -0.364 e. The normalized spacial score (nSPS) is 28.3. The van der Waals surface area contributed by atoms with Gasteiger partial charge in [-0.15, -0.1) is 0 Å². The standard InChI is InChI=1S/C23H22FN3O3/c1-26-21(29)23(20(28)25-22(26)30)13-16-8-5-9-17(24)19(16)27-11-10-15(12-18(23)27)14-6-3-2-4-7-14/h2-9,15,18H,10-13H2,1H3,(H,25,28,30)/t15-,18+,23-/m1/s1. The molecule has 154 valence electrons. The first-order valence-electron chi connectivity index (χ1n) is 10.2. The lowest BCUT2D eigenvalue weighted by Gasteiger charge is -2.54. The van der Waals surface area contributed by atoms with Crippen molar-refractivity contribution in [2.24, 2.45) is 5.41 Å². The summed E-state index contributed by atoms with van der Waals surface area (Å²) in [6.45, 7) is 0.526. The van der Waals surface area contributed by atoms with Gasteiger partial charge in [-0.25, -0.2) is 9.18 Å². The summed E-state index contributed by atoms with van der Waals surface area (Å²) < 4.78 is 14.9. The van der Waals surface area contributed by atoms with E-state index in [2.05, 4.69) is 5.32 Å². The Balaban J connectivity index is 1.65. The number of urea groups is 1. The minimum absolute atomic E-state index is 0.0745. The van der Waals surface area contributed by atoms with Crippen LogP contribution in [0.1, 0.15) is 29.9 Å². The maximum absolute atomic E-state index is 14.9. The molecule has 3 heterocycles. The monoisotopic (exact) mass is 407 g/mol. The van der Waals surface area contributed by atoms with Crippen LogP contribution in [0.15, 0.2) is 48.5 Å². The Hall–Kier alpha value is -3.22. The Kier molecular flexibility index (Phi) is 4.17. The Bertz CT molecular complexity index is 1060. The van der Waals surface area contributed by atoms with Gasteiger partial charge in [-0.05, 0) is 42.4 Å². The van der Waals surface area contributed by atoms with Crippen molar-refractivity contribution < 1.29 is 18.8 Å². The molecule has 3 aliphatic heterocycles. The third-order valence-electron chi connectivity index (χ3n) is 6.89. The van der Waals surface area contributed by atoms with E-state index in [4.69, 9.17) is 0 Å². The summed E-state index contributed by atoms with van der Waals surface area (Å²) >= 11 is 0. The molecular formula is C23H22FN3O3. The quantitative estimate of drug-likeness (QED) is 0.738. The number of anilines is 1. The molecule has 2 fully saturated rings. The summed E-state index contributed by atoms with van der Waals surface area (Å²) in [5, 5.41) is 2.36. The molecule has 4 amide bonds. The number of carbonyl (C=O) groups excluding carboxylic acids is 3. The van der Waals surface area contributed by atoms with Crippen molar-refractivity contribution in [1.29, 1.82) is 0 Å². The van der Waals surface area contributed by atoms with Crippen molar-refractivity contribution in [3.63, 3.8) is 0 Å². The van der Waals surface area contributed by atoms with E-state index in [1.165, 1.54) is 13.1 Å². The van der Waals surface area contributed by atoms with Gasteiger partial charge >= 0.3 is 6.03 Å². The predicted octanol–water partition coefficient (Wildman–Crippen LogP) is 2.83. The number of nitrogens with zero attached hydrogens (tertiary/aromatic N) is 2. The van der Waals surface area contributed by atoms with E-state index in [-0.39, 0.29) is 18.2 Å². The second-order valence-corrected chi connectivity index (χ2v) is 8.36. The number of para-hydroxylation sites is 1. The molecule has 7 heteroatoms. The summed E-state index contributed by atoms with van der Waals surface area (Å²) in [6.07, 6.45) is 1.39. The van der Waals surface area contributed by atoms with Crippen LogP contribution < -0.4 is 10.2 Å². The van der Waals surface area contributed by atoms with Gasteiger partial charge in [0, 0.05) is 13.6 Å². The molecule has 1 spiro atoms. The maximum Gasteiger partial charge on any atom is 0.330 e. The molecule has 0 aliphatic carbocycles. The Morgan fingerprint density at radius 3 is 2.60 bits per heavy atom. The first-order chi connectivity index (χ1) is 14.4. The topological polar surface area (TPSA) is 69.7 Å². The summed E-state index contributed by atoms with van der Waals surface area (Å²) in [6, 6.07) is 13.5. The highest BCUT2D eigenvalue weighted by Crippen LogP contribution is 2.50. The number of carbonyl (C=O) groups is 3. The van der Waals surface area contributed by atoms with Crippen LogP contribution in [0.5, 0.6) is 0 Å². The molecule has 3 atom stereocenters. The summed E-state index contributed by atoms with van der Waals surface area (Å²) in [5.74, 6) is -1.32. The lowest BCUT2D eigenvalue weighted by molar-refractivity contribution is -0.153. The first kappa shape index (κ1) is 18.8. The highest BCUT2D eigenvalue weighted by atomic mass is 19.1. The number of benzene rings is 2. The van der Waals surface area contributed by atoms with Gasteiger partial charge in [0.05, 0.1) is 11.7 Å². The summed E-state index contributed by atoms with van der Waals surface area (Å²) in [7, 11) is 1.38. The molecule has 1 N–H and O–H groups in total. The number of amides is 4. The fourth-order valence-corrected chi connectivity index (χ4v) is 5.40. The van der Waals surface area contributed by atoms with Crippen LogP contribution in [0.4, 0.5) is 14.9 Å². The zero-order valence-corrected chi connectivity index (χ0v) is 16.6. The van der Waals surface area contributed by atoms with Gasteiger partial charge in [-0.3, -0.25) is 19.8 Å². The molecule has 2 aromatic rings.